The van der Waals surface area contributed by atoms with Gasteiger partial charge < -0.3 is 9.30 Å². The van der Waals surface area contributed by atoms with Crippen LogP contribution in [-0.2, 0) is 16.6 Å². The number of esters is 1. The van der Waals surface area contributed by atoms with Crippen LogP contribution in [0.3, 0.4) is 0 Å². The Morgan fingerprint density at radius 1 is 1.17 bits per heavy atom. The Morgan fingerprint density at radius 3 is 2.53 bits per heavy atom. The molecule has 6 heteroatoms. The third-order valence-corrected chi connectivity index (χ3v) is 6.42. The number of hydrogen-bond acceptors (Lipinski definition) is 5. The summed E-state index contributed by atoms with van der Waals surface area (Å²) >= 11 is 1.66. The number of aryl methyl sites for hydroxylation is 2. The molecule has 0 spiro atoms. The Labute approximate surface area is 182 Å². The van der Waals surface area contributed by atoms with Gasteiger partial charge in [-0.2, -0.15) is 0 Å². The van der Waals surface area contributed by atoms with E-state index >= 15 is 0 Å². The lowest BCUT2D eigenvalue weighted by Crippen LogP contribution is -2.19. The lowest BCUT2D eigenvalue weighted by Gasteiger charge is -2.22. The molecular formula is C24H29N3O2S. The number of methoxy groups -OCH3 is 1. The molecule has 3 heterocycles. The molecule has 1 aromatic carbocycles. The molecule has 4 rings (SSSR count). The largest absolute Gasteiger partial charge is 0.465 e. The molecule has 0 saturated heterocycles. The lowest BCUT2D eigenvalue weighted by molar-refractivity contribution is 0.0600. The van der Waals surface area contributed by atoms with Crippen molar-refractivity contribution >= 4 is 23.5 Å². The second-order valence-electron chi connectivity index (χ2n) is 7.49. The molecule has 0 bridgehead atoms. The topological polar surface area (TPSA) is 57.0 Å². The maximum Gasteiger partial charge on any atom is 0.337 e. The summed E-state index contributed by atoms with van der Waals surface area (Å²) in [5.74, 6) is 0.775. The number of hydrogen-bond donors (Lipinski definition) is 0. The molecule has 3 aromatic rings. The summed E-state index contributed by atoms with van der Waals surface area (Å²) in [6, 6.07) is 7.56. The smallest absolute Gasteiger partial charge is 0.337 e. The summed E-state index contributed by atoms with van der Waals surface area (Å²) in [5, 5.41) is 3.14. The number of ether oxygens (including phenoxy) is 1. The summed E-state index contributed by atoms with van der Waals surface area (Å²) in [6.45, 7) is 10.4. The van der Waals surface area contributed by atoms with Crippen molar-refractivity contribution in [3.63, 3.8) is 0 Å². The molecule has 0 fully saturated rings. The molecule has 2 aromatic heterocycles. The number of allylic oxidation sites excluding steroid dienone is 1. The third-order valence-electron chi connectivity index (χ3n) is 5.26. The van der Waals surface area contributed by atoms with Crippen LogP contribution in [0.5, 0.6) is 0 Å². The van der Waals surface area contributed by atoms with E-state index in [4.69, 9.17) is 14.7 Å². The average molecular weight is 424 g/mol. The van der Waals surface area contributed by atoms with Crippen LogP contribution >= 0.6 is 11.3 Å². The van der Waals surface area contributed by atoms with Gasteiger partial charge >= 0.3 is 5.97 Å². The molecule has 0 amide bonds. The molecule has 0 atom stereocenters. The van der Waals surface area contributed by atoms with Gasteiger partial charge in [0, 0.05) is 23.4 Å². The molecule has 30 heavy (non-hydrogen) atoms. The predicted octanol–water partition coefficient (Wildman–Crippen LogP) is 5.87. The highest BCUT2D eigenvalue weighted by molar-refractivity contribution is 7.10. The van der Waals surface area contributed by atoms with Crippen LogP contribution in [0, 0.1) is 6.92 Å². The van der Waals surface area contributed by atoms with E-state index in [1.165, 1.54) is 7.11 Å². The van der Waals surface area contributed by atoms with Gasteiger partial charge in [0.2, 0.25) is 0 Å². The van der Waals surface area contributed by atoms with Crippen LogP contribution in [0.4, 0.5) is 0 Å². The summed E-state index contributed by atoms with van der Waals surface area (Å²) in [7, 11) is 1.39. The fourth-order valence-corrected chi connectivity index (χ4v) is 4.53. The van der Waals surface area contributed by atoms with Crippen molar-refractivity contribution < 1.29 is 9.53 Å². The zero-order chi connectivity index (χ0) is 21.9. The first-order chi connectivity index (χ1) is 14.4. The van der Waals surface area contributed by atoms with Crippen molar-refractivity contribution in [2.75, 3.05) is 7.11 Å². The molecule has 1 aliphatic rings. The minimum atomic E-state index is -0.324. The van der Waals surface area contributed by atoms with Crippen molar-refractivity contribution in [1.82, 2.24) is 14.5 Å². The van der Waals surface area contributed by atoms with Gasteiger partial charge in [0.1, 0.15) is 16.5 Å². The average Bonchev–Trinajstić information content (AvgIpc) is 3.38. The van der Waals surface area contributed by atoms with E-state index in [-0.39, 0.29) is 11.4 Å². The molecule has 0 radical (unpaired) electrons. The Kier molecular flexibility index (Phi) is 6.56. The van der Waals surface area contributed by atoms with Gasteiger partial charge in [-0.1, -0.05) is 32.1 Å². The SMILES string of the molecule is CC.COC(=O)c1ccc(C(C)(C)c2nc(-c3c(C)nc4n3C=CCC4)cs2)cc1. The Hall–Kier alpha value is -2.73. The molecule has 0 aliphatic carbocycles. The van der Waals surface area contributed by atoms with Crippen molar-refractivity contribution in [3.05, 3.63) is 63.4 Å². The van der Waals surface area contributed by atoms with Crippen molar-refractivity contribution in [1.29, 1.82) is 0 Å². The van der Waals surface area contributed by atoms with Gasteiger partial charge in [-0.3, -0.25) is 0 Å². The number of benzene rings is 1. The second-order valence-corrected chi connectivity index (χ2v) is 8.35. The second kappa shape index (κ2) is 8.96. The first-order valence-electron chi connectivity index (χ1n) is 10.3. The van der Waals surface area contributed by atoms with E-state index in [0.29, 0.717) is 5.56 Å². The molecule has 0 unspecified atom stereocenters. The monoisotopic (exact) mass is 423 g/mol. The highest BCUT2D eigenvalue weighted by Gasteiger charge is 2.28. The summed E-state index contributed by atoms with van der Waals surface area (Å²) < 4.78 is 6.95. The molecule has 1 aliphatic heterocycles. The predicted molar refractivity (Wildman–Crippen MR) is 123 cm³/mol. The van der Waals surface area contributed by atoms with E-state index in [0.717, 1.165) is 46.3 Å². The summed E-state index contributed by atoms with van der Waals surface area (Å²) in [4.78, 5) is 21.4. The molecule has 0 N–H and O–H groups in total. The maximum atomic E-state index is 11.7. The summed E-state index contributed by atoms with van der Waals surface area (Å²) in [6.07, 6.45) is 6.28. The van der Waals surface area contributed by atoms with Crippen LogP contribution in [0.25, 0.3) is 17.6 Å². The number of carbonyl (C=O) groups is 1. The van der Waals surface area contributed by atoms with Crippen molar-refractivity contribution in [2.24, 2.45) is 0 Å². The van der Waals surface area contributed by atoms with Crippen LogP contribution in [0.1, 0.15) is 66.6 Å². The van der Waals surface area contributed by atoms with Gasteiger partial charge in [-0.05, 0) is 44.9 Å². The number of fused-ring (bicyclic) bond motifs is 1. The van der Waals surface area contributed by atoms with Gasteiger partial charge in [0.05, 0.1) is 24.1 Å². The van der Waals surface area contributed by atoms with Crippen LogP contribution in [-0.4, -0.2) is 27.6 Å². The lowest BCUT2D eigenvalue weighted by atomic mass is 9.85. The molecule has 5 nitrogen and oxygen atoms in total. The highest BCUT2D eigenvalue weighted by Crippen LogP contribution is 2.37. The number of rotatable bonds is 4. The zero-order valence-corrected chi connectivity index (χ0v) is 19.3. The zero-order valence-electron chi connectivity index (χ0n) is 18.5. The normalized spacial score (nSPS) is 12.7. The van der Waals surface area contributed by atoms with Gasteiger partial charge in [0.15, 0.2) is 0 Å². The van der Waals surface area contributed by atoms with E-state index in [1.54, 1.807) is 23.5 Å². The van der Waals surface area contributed by atoms with Crippen LogP contribution in [0.15, 0.2) is 35.7 Å². The summed E-state index contributed by atoms with van der Waals surface area (Å²) in [5.41, 5.74) is 4.43. The number of thiazole rings is 1. The van der Waals surface area contributed by atoms with Crippen molar-refractivity contribution in [2.45, 2.75) is 52.9 Å². The minimum Gasteiger partial charge on any atom is -0.465 e. The Balaban J connectivity index is 0.00000124. The van der Waals surface area contributed by atoms with E-state index in [2.05, 4.69) is 36.1 Å². The fourth-order valence-electron chi connectivity index (χ4n) is 3.58. The quantitative estimate of drug-likeness (QED) is 0.492. The van der Waals surface area contributed by atoms with Crippen LogP contribution in [0.2, 0.25) is 0 Å². The van der Waals surface area contributed by atoms with E-state index < -0.39 is 0 Å². The first kappa shape index (κ1) is 22.0. The number of aromatic nitrogens is 3. The minimum absolute atomic E-state index is 0.272. The van der Waals surface area contributed by atoms with Gasteiger partial charge in [-0.15, -0.1) is 11.3 Å². The number of nitrogens with zero attached hydrogens (tertiary/aromatic N) is 3. The van der Waals surface area contributed by atoms with Crippen LogP contribution < -0.4 is 0 Å². The Bertz CT molecular complexity index is 1060. The third kappa shape index (κ3) is 3.97. The van der Waals surface area contributed by atoms with Crippen molar-refractivity contribution in [3.8, 4) is 11.4 Å². The van der Waals surface area contributed by atoms with E-state index in [1.807, 2.05) is 32.9 Å². The number of imidazole rings is 1. The fraction of sp³-hybridized carbons (Fsp3) is 0.375. The highest BCUT2D eigenvalue weighted by atomic mass is 32.1. The van der Waals surface area contributed by atoms with Gasteiger partial charge in [0.25, 0.3) is 0 Å². The molecular weight excluding hydrogens is 394 g/mol. The number of carbonyl (C=O) groups excluding carboxylic acids is 1. The first-order valence-corrected chi connectivity index (χ1v) is 11.2. The molecule has 0 saturated carbocycles. The maximum absolute atomic E-state index is 11.7. The van der Waals surface area contributed by atoms with E-state index in [9.17, 15) is 4.79 Å². The van der Waals surface area contributed by atoms with Gasteiger partial charge in [-0.25, -0.2) is 14.8 Å². The molecule has 158 valence electrons. The Morgan fingerprint density at radius 2 is 1.87 bits per heavy atom. The standard InChI is InChI=1S/C22H23N3O2S.C2H6/c1-14-19(25-12-6-5-7-18(25)23-14)17-13-28-21(24-17)22(2,3)16-10-8-15(9-11-16)20(26)27-4;1-2/h6,8-13H,5,7H2,1-4H3;1-2H3.